The second-order valence-corrected chi connectivity index (χ2v) is 7.94. The Morgan fingerprint density at radius 2 is 2.07 bits per heavy atom. The Labute approximate surface area is 197 Å². The molecule has 1 aliphatic rings. The van der Waals surface area contributed by atoms with Crippen molar-refractivity contribution in [2.75, 3.05) is 20.7 Å². The number of halogens is 1. The maximum atomic E-state index is 5.13. The number of hydrogen-bond acceptors (Lipinski definition) is 4. The van der Waals surface area contributed by atoms with Gasteiger partial charge in [0.05, 0.1) is 6.54 Å². The molecule has 8 heteroatoms. The summed E-state index contributed by atoms with van der Waals surface area (Å²) in [5.74, 6) is 3.24. The van der Waals surface area contributed by atoms with Gasteiger partial charge in [-0.05, 0) is 36.3 Å². The third-order valence-electron chi connectivity index (χ3n) is 5.32. The van der Waals surface area contributed by atoms with Gasteiger partial charge >= 0.3 is 0 Å². The molecule has 7 nitrogen and oxygen atoms in total. The molecule has 0 saturated carbocycles. The molecule has 1 aliphatic heterocycles. The van der Waals surface area contributed by atoms with E-state index in [4.69, 9.17) is 4.74 Å². The molecule has 0 bridgehead atoms. The molecule has 1 atom stereocenters. The number of methoxy groups -OCH3 is 1. The monoisotopic (exact) mass is 526 g/mol. The lowest BCUT2D eigenvalue weighted by Crippen LogP contribution is -2.47. The summed E-state index contributed by atoms with van der Waals surface area (Å²) in [4.78, 5) is 8.91. The van der Waals surface area contributed by atoms with Gasteiger partial charge in [-0.1, -0.05) is 38.1 Å². The fraction of sp³-hybridized carbons (Fsp3) is 0.591. The number of rotatable bonds is 8. The van der Waals surface area contributed by atoms with Gasteiger partial charge < -0.3 is 15.4 Å². The molecule has 0 fully saturated rings. The molecule has 1 aromatic carbocycles. The van der Waals surface area contributed by atoms with E-state index in [2.05, 4.69) is 63.8 Å². The van der Waals surface area contributed by atoms with Crippen LogP contribution in [-0.2, 0) is 30.7 Å². The molecule has 2 heterocycles. The van der Waals surface area contributed by atoms with Crippen LogP contribution in [0.25, 0.3) is 0 Å². The smallest absolute Gasteiger partial charge is 0.191 e. The van der Waals surface area contributed by atoms with Crippen LogP contribution in [0.3, 0.4) is 0 Å². The largest absolute Gasteiger partial charge is 0.377 e. The van der Waals surface area contributed by atoms with Crippen molar-refractivity contribution in [2.45, 2.75) is 64.6 Å². The molecule has 0 radical (unpaired) electrons. The SMILES string of the molecule is CN=C(NCCCc1ccc(C(C)C)cc1)NC1CCc2nc(COC)nn2C1.I. The summed E-state index contributed by atoms with van der Waals surface area (Å²) in [5, 5.41) is 11.5. The zero-order valence-electron chi connectivity index (χ0n) is 18.5. The van der Waals surface area contributed by atoms with Crippen molar-refractivity contribution in [2.24, 2.45) is 4.99 Å². The first-order valence-electron chi connectivity index (χ1n) is 10.6. The summed E-state index contributed by atoms with van der Waals surface area (Å²) in [6, 6.07) is 9.28. The van der Waals surface area contributed by atoms with Crippen molar-refractivity contribution in [3.63, 3.8) is 0 Å². The average molecular weight is 526 g/mol. The minimum Gasteiger partial charge on any atom is -0.377 e. The van der Waals surface area contributed by atoms with Gasteiger partial charge in [-0.15, -0.1) is 24.0 Å². The first-order chi connectivity index (χ1) is 14.1. The number of guanidine groups is 1. The van der Waals surface area contributed by atoms with Crippen LogP contribution in [0.4, 0.5) is 0 Å². The van der Waals surface area contributed by atoms with Crippen LogP contribution in [0.5, 0.6) is 0 Å². The van der Waals surface area contributed by atoms with E-state index in [1.165, 1.54) is 11.1 Å². The van der Waals surface area contributed by atoms with Crippen molar-refractivity contribution >= 4 is 29.9 Å². The van der Waals surface area contributed by atoms with Gasteiger partial charge in [0, 0.05) is 33.2 Å². The first kappa shape index (κ1) is 24.6. The van der Waals surface area contributed by atoms with E-state index < -0.39 is 0 Å². The van der Waals surface area contributed by atoms with Crippen LogP contribution in [0.1, 0.15) is 55.4 Å². The Hall–Kier alpha value is -1.68. The van der Waals surface area contributed by atoms with E-state index in [0.717, 1.165) is 56.4 Å². The van der Waals surface area contributed by atoms with Gasteiger partial charge in [0.15, 0.2) is 11.8 Å². The fourth-order valence-electron chi connectivity index (χ4n) is 3.63. The minimum atomic E-state index is 0. The highest BCUT2D eigenvalue weighted by atomic mass is 127. The van der Waals surface area contributed by atoms with Gasteiger partial charge in [-0.2, -0.15) is 5.10 Å². The Kier molecular flexibility index (Phi) is 10.0. The normalized spacial score (nSPS) is 16.2. The highest BCUT2D eigenvalue weighted by molar-refractivity contribution is 14.0. The lowest BCUT2D eigenvalue weighted by molar-refractivity contribution is 0.177. The lowest BCUT2D eigenvalue weighted by atomic mass is 10.0. The third kappa shape index (κ3) is 6.94. The van der Waals surface area contributed by atoms with E-state index in [1.54, 1.807) is 7.11 Å². The number of ether oxygens (including phenoxy) is 1. The predicted molar refractivity (Wildman–Crippen MR) is 132 cm³/mol. The zero-order chi connectivity index (χ0) is 20.6. The van der Waals surface area contributed by atoms with E-state index >= 15 is 0 Å². The molecule has 1 aromatic heterocycles. The van der Waals surface area contributed by atoms with Crippen LogP contribution < -0.4 is 10.6 Å². The van der Waals surface area contributed by atoms with Gasteiger partial charge in [0.2, 0.25) is 0 Å². The Morgan fingerprint density at radius 3 is 2.73 bits per heavy atom. The first-order valence-corrected chi connectivity index (χ1v) is 10.6. The van der Waals surface area contributed by atoms with Crippen LogP contribution in [0, 0.1) is 0 Å². The molecule has 0 amide bonds. The summed E-state index contributed by atoms with van der Waals surface area (Å²) in [5.41, 5.74) is 2.78. The van der Waals surface area contributed by atoms with E-state index in [9.17, 15) is 0 Å². The molecule has 3 rings (SSSR count). The number of nitrogens with one attached hydrogen (secondary N) is 2. The van der Waals surface area contributed by atoms with Crippen molar-refractivity contribution in [3.8, 4) is 0 Å². The van der Waals surface area contributed by atoms with E-state index in [-0.39, 0.29) is 24.0 Å². The Balaban J connectivity index is 0.00000320. The summed E-state index contributed by atoms with van der Waals surface area (Å²) < 4.78 is 7.12. The van der Waals surface area contributed by atoms with Crippen molar-refractivity contribution in [1.29, 1.82) is 0 Å². The van der Waals surface area contributed by atoms with Crippen LogP contribution in [0.2, 0.25) is 0 Å². The number of aryl methyl sites for hydroxylation is 2. The summed E-state index contributed by atoms with van der Waals surface area (Å²) in [6.07, 6.45) is 4.07. The molecule has 0 spiro atoms. The second-order valence-electron chi connectivity index (χ2n) is 7.94. The number of aromatic nitrogens is 3. The molecule has 0 aliphatic carbocycles. The molecule has 2 aromatic rings. The van der Waals surface area contributed by atoms with Gasteiger partial charge in [-0.25, -0.2) is 9.67 Å². The topological polar surface area (TPSA) is 76.4 Å². The summed E-state index contributed by atoms with van der Waals surface area (Å²) >= 11 is 0. The molecular weight excluding hydrogens is 491 g/mol. The fourth-order valence-corrected chi connectivity index (χ4v) is 3.63. The van der Waals surface area contributed by atoms with E-state index in [0.29, 0.717) is 18.6 Å². The molecule has 2 N–H and O–H groups in total. The standard InChI is InChI=1S/C22H34N6O.HI/c1-16(2)18-9-7-17(8-10-18)6-5-13-24-22(23-3)25-19-11-12-21-26-20(15-29-4)27-28(21)14-19;/h7-10,16,19H,5-6,11-15H2,1-4H3,(H2,23,24,25);1H. The molecule has 1 unspecified atom stereocenters. The van der Waals surface area contributed by atoms with Gasteiger partial charge in [0.25, 0.3) is 0 Å². The van der Waals surface area contributed by atoms with Crippen molar-refractivity contribution in [1.82, 2.24) is 25.4 Å². The number of aliphatic imine (C=N–C) groups is 1. The van der Waals surface area contributed by atoms with Crippen LogP contribution in [0.15, 0.2) is 29.3 Å². The number of hydrogen-bond donors (Lipinski definition) is 2. The van der Waals surface area contributed by atoms with Crippen molar-refractivity contribution in [3.05, 3.63) is 47.0 Å². The second kappa shape index (κ2) is 12.2. The van der Waals surface area contributed by atoms with Crippen molar-refractivity contribution < 1.29 is 4.74 Å². The average Bonchev–Trinajstić information content (AvgIpc) is 3.12. The number of fused-ring (bicyclic) bond motifs is 1. The predicted octanol–water partition coefficient (Wildman–Crippen LogP) is 3.28. The van der Waals surface area contributed by atoms with E-state index in [1.807, 2.05) is 11.7 Å². The third-order valence-corrected chi connectivity index (χ3v) is 5.32. The lowest BCUT2D eigenvalue weighted by Gasteiger charge is -2.25. The van der Waals surface area contributed by atoms with Crippen LogP contribution in [-0.4, -0.2) is 47.5 Å². The maximum absolute atomic E-state index is 5.13. The Bertz CT molecular complexity index is 802. The highest BCUT2D eigenvalue weighted by Crippen LogP contribution is 2.15. The molecular formula is C22H35IN6O. The highest BCUT2D eigenvalue weighted by Gasteiger charge is 2.22. The number of benzene rings is 1. The zero-order valence-corrected chi connectivity index (χ0v) is 20.8. The van der Waals surface area contributed by atoms with Gasteiger partial charge in [0.1, 0.15) is 12.4 Å². The summed E-state index contributed by atoms with van der Waals surface area (Å²) in [6.45, 7) is 6.61. The maximum Gasteiger partial charge on any atom is 0.191 e. The molecule has 30 heavy (non-hydrogen) atoms. The summed E-state index contributed by atoms with van der Waals surface area (Å²) in [7, 11) is 3.49. The van der Waals surface area contributed by atoms with Crippen LogP contribution >= 0.6 is 24.0 Å². The molecule has 166 valence electrons. The minimum absolute atomic E-state index is 0. The van der Waals surface area contributed by atoms with Gasteiger partial charge in [-0.3, -0.25) is 4.99 Å². The number of nitrogens with zero attached hydrogens (tertiary/aromatic N) is 4. The molecule has 0 saturated heterocycles. The Morgan fingerprint density at radius 1 is 1.30 bits per heavy atom. The quantitative estimate of drug-likeness (QED) is 0.239.